The summed E-state index contributed by atoms with van der Waals surface area (Å²) in [7, 11) is 3.02. The third-order valence-electron chi connectivity index (χ3n) is 3.06. The summed E-state index contributed by atoms with van der Waals surface area (Å²) >= 11 is 5.95. The van der Waals surface area contributed by atoms with E-state index in [9.17, 15) is 4.79 Å². The Morgan fingerprint density at radius 2 is 2.15 bits per heavy atom. The average molecular weight is 300 g/mol. The molecule has 0 saturated heterocycles. The number of hydrogen-bond donors (Lipinski definition) is 1. The maximum Gasteiger partial charge on any atom is 0.330 e. The Kier molecular flexibility index (Phi) is 6.13. The fourth-order valence-corrected chi connectivity index (χ4v) is 2.04. The molecule has 6 heteroatoms. The number of pyridine rings is 1. The van der Waals surface area contributed by atoms with Gasteiger partial charge < -0.3 is 14.6 Å². The molecule has 0 atom stereocenters. The Bertz CT molecular complexity index is 486. The molecule has 0 aromatic carbocycles. The minimum Gasteiger partial charge on any atom is -0.478 e. The van der Waals surface area contributed by atoms with Crippen molar-refractivity contribution >= 4 is 17.6 Å². The lowest BCUT2D eigenvalue weighted by molar-refractivity contribution is -0.223. The summed E-state index contributed by atoms with van der Waals surface area (Å²) in [6.07, 6.45) is 2.91. The van der Waals surface area contributed by atoms with Crippen molar-refractivity contribution in [3.8, 4) is 0 Å². The molecular weight excluding hydrogens is 282 g/mol. The van der Waals surface area contributed by atoms with Crippen LogP contribution in [0.15, 0.2) is 30.5 Å². The van der Waals surface area contributed by atoms with Crippen LogP contribution >= 0.6 is 11.6 Å². The number of halogens is 1. The first-order valence-corrected chi connectivity index (χ1v) is 6.46. The fraction of sp³-hybridized carbons (Fsp3) is 0.429. The second kappa shape index (κ2) is 7.38. The number of carboxylic acids is 1. The first kappa shape index (κ1) is 16.6. The molecule has 0 amide bonds. The molecule has 1 rings (SSSR count). The molecule has 0 unspecified atom stereocenters. The molecule has 0 fully saturated rings. The van der Waals surface area contributed by atoms with Gasteiger partial charge in [-0.15, -0.1) is 0 Å². The fourth-order valence-electron chi connectivity index (χ4n) is 1.88. The number of methoxy groups -OCH3 is 2. The normalized spacial score (nSPS) is 11.3. The zero-order valence-corrected chi connectivity index (χ0v) is 12.3. The van der Waals surface area contributed by atoms with Gasteiger partial charge in [-0.25, -0.2) is 4.79 Å². The van der Waals surface area contributed by atoms with Crippen molar-refractivity contribution in [1.82, 2.24) is 4.98 Å². The number of rotatable bonds is 8. The minimum atomic E-state index is -1.04. The van der Waals surface area contributed by atoms with Gasteiger partial charge in [0.2, 0.25) is 5.79 Å². The maximum absolute atomic E-state index is 10.7. The van der Waals surface area contributed by atoms with Crippen molar-refractivity contribution in [3.05, 3.63) is 41.2 Å². The maximum atomic E-state index is 10.7. The van der Waals surface area contributed by atoms with E-state index < -0.39 is 11.8 Å². The number of hydrogen-bond acceptors (Lipinski definition) is 4. The van der Waals surface area contributed by atoms with E-state index in [1.165, 1.54) is 14.2 Å². The van der Waals surface area contributed by atoms with E-state index in [1.807, 2.05) is 0 Å². The van der Waals surface area contributed by atoms with Crippen LogP contribution in [0.5, 0.6) is 0 Å². The molecule has 0 radical (unpaired) electrons. The number of carboxylic acid groups (broad SMARTS) is 1. The summed E-state index contributed by atoms with van der Waals surface area (Å²) in [4.78, 5) is 14.9. The summed E-state index contributed by atoms with van der Waals surface area (Å²) < 4.78 is 10.9. The number of aromatic nitrogens is 1. The van der Waals surface area contributed by atoms with Crippen molar-refractivity contribution in [3.63, 3.8) is 0 Å². The van der Waals surface area contributed by atoms with Crippen LogP contribution in [-0.2, 0) is 20.1 Å². The van der Waals surface area contributed by atoms with Crippen LogP contribution < -0.4 is 0 Å². The Hall–Kier alpha value is -1.43. The van der Waals surface area contributed by atoms with Gasteiger partial charge in [-0.1, -0.05) is 18.2 Å². The number of carbonyl (C=O) groups is 1. The van der Waals surface area contributed by atoms with Crippen LogP contribution in [0.1, 0.15) is 25.0 Å². The summed E-state index contributed by atoms with van der Waals surface area (Å²) in [5.41, 5.74) is 0.709. The second-order valence-electron chi connectivity index (χ2n) is 4.28. The average Bonchev–Trinajstić information content (AvgIpc) is 2.43. The van der Waals surface area contributed by atoms with E-state index in [-0.39, 0.29) is 5.57 Å². The third kappa shape index (κ3) is 4.03. The van der Waals surface area contributed by atoms with Crippen molar-refractivity contribution in [2.24, 2.45) is 0 Å². The smallest absolute Gasteiger partial charge is 0.330 e. The highest BCUT2D eigenvalue weighted by atomic mass is 35.5. The highest BCUT2D eigenvalue weighted by Crippen LogP contribution is 2.32. The predicted octanol–water partition coefficient (Wildman–Crippen LogP) is 2.99. The van der Waals surface area contributed by atoms with E-state index in [4.69, 9.17) is 26.2 Å². The van der Waals surface area contributed by atoms with Crippen molar-refractivity contribution < 1.29 is 19.4 Å². The molecule has 110 valence electrons. The molecular formula is C14H18ClNO4. The summed E-state index contributed by atoms with van der Waals surface area (Å²) in [6, 6.07) is 3.33. The summed E-state index contributed by atoms with van der Waals surface area (Å²) in [6.45, 7) is 3.49. The van der Waals surface area contributed by atoms with Crippen LogP contribution in [0.4, 0.5) is 0 Å². The topological polar surface area (TPSA) is 68.7 Å². The molecule has 1 aromatic heterocycles. The number of nitrogens with zero attached hydrogens (tertiary/aromatic N) is 1. The SMILES string of the molecule is C=C(CCCC(OC)(OC)c1cc(Cl)ccn1)C(=O)O. The van der Waals surface area contributed by atoms with Crippen LogP contribution in [0.25, 0.3) is 0 Å². The van der Waals surface area contributed by atoms with E-state index in [2.05, 4.69) is 11.6 Å². The number of aliphatic carboxylic acids is 1. The lowest BCUT2D eigenvalue weighted by Crippen LogP contribution is -2.32. The van der Waals surface area contributed by atoms with E-state index in [1.54, 1.807) is 18.3 Å². The van der Waals surface area contributed by atoms with Crippen LogP contribution in [0, 0.1) is 0 Å². The first-order valence-electron chi connectivity index (χ1n) is 6.08. The van der Waals surface area contributed by atoms with Crippen LogP contribution in [0.2, 0.25) is 5.02 Å². The highest BCUT2D eigenvalue weighted by Gasteiger charge is 2.33. The quantitative estimate of drug-likeness (QED) is 0.590. The molecule has 0 bridgehead atoms. The molecule has 1 heterocycles. The molecule has 1 N–H and O–H groups in total. The Morgan fingerprint density at radius 1 is 1.50 bits per heavy atom. The van der Waals surface area contributed by atoms with Gasteiger partial charge in [0.25, 0.3) is 0 Å². The monoisotopic (exact) mass is 299 g/mol. The summed E-state index contributed by atoms with van der Waals surface area (Å²) in [5.74, 6) is -2.03. The first-order chi connectivity index (χ1) is 9.45. The summed E-state index contributed by atoms with van der Waals surface area (Å²) in [5, 5.41) is 9.32. The Balaban J connectivity index is 2.82. The van der Waals surface area contributed by atoms with Gasteiger partial charge in [0.05, 0.1) is 0 Å². The minimum absolute atomic E-state index is 0.158. The zero-order chi connectivity index (χ0) is 15.2. The van der Waals surface area contributed by atoms with Gasteiger partial charge in [0.15, 0.2) is 0 Å². The second-order valence-corrected chi connectivity index (χ2v) is 4.72. The van der Waals surface area contributed by atoms with Crippen LogP contribution in [0.3, 0.4) is 0 Å². The van der Waals surface area contributed by atoms with Gasteiger partial charge in [0, 0.05) is 37.4 Å². The Morgan fingerprint density at radius 3 is 2.65 bits per heavy atom. The van der Waals surface area contributed by atoms with E-state index in [0.29, 0.717) is 30.0 Å². The zero-order valence-electron chi connectivity index (χ0n) is 11.6. The van der Waals surface area contributed by atoms with Gasteiger partial charge in [-0.05, 0) is 25.0 Å². The van der Waals surface area contributed by atoms with Gasteiger partial charge in [-0.2, -0.15) is 0 Å². The molecule has 0 aliphatic heterocycles. The molecule has 20 heavy (non-hydrogen) atoms. The van der Waals surface area contributed by atoms with Crippen molar-refractivity contribution in [1.29, 1.82) is 0 Å². The third-order valence-corrected chi connectivity index (χ3v) is 3.29. The van der Waals surface area contributed by atoms with Gasteiger partial charge >= 0.3 is 5.97 Å². The lowest BCUT2D eigenvalue weighted by atomic mass is 10.0. The van der Waals surface area contributed by atoms with Gasteiger partial charge in [-0.3, -0.25) is 4.98 Å². The molecule has 0 saturated carbocycles. The molecule has 0 aliphatic carbocycles. The number of ether oxygens (including phenoxy) is 2. The lowest BCUT2D eigenvalue weighted by Gasteiger charge is -2.30. The highest BCUT2D eigenvalue weighted by molar-refractivity contribution is 6.30. The predicted molar refractivity (Wildman–Crippen MR) is 75.6 cm³/mol. The van der Waals surface area contributed by atoms with E-state index >= 15 is 0 Å². The molecule has 1 aromatic rings. The van der Waals surface area contributed by atoms with E-state index in [0.717, 1.165) is 0 Å². The van der Waals surface area contributed by atoms with Gasteiger partial charge in [0.1, 0.15) is 5.69 Å². The van der Waals surface area contributed by atoms with Crippen LogP contribution in [-0.4, -0.2) is 30.3 Å². The molecule has 0 spiro atoms. The van der Waals surface area contributed by atoms with Crippen molar-refractivity contribution in [2.75, 3.05) is 14.2 Å². The standard InChI is InChI=1S/C14H18ClNO4/c1-10(13(17)18)5-4-7-14(19-2,20-3)12-9-11(15)6-8-16-12/h6,8-9H,1,4-5,7H2,2-3H3,(H,17,18). The Labute approximate surface area is 123 Å². The molecule has 0 aliphatic rings. The van der Waals surface area contributed by atoms with Crippen molar-refractivity contribution in [2.45, 2.75) is 25.0 Å². The largest absolute Gasteiger partial charge is 0.478 e. The molecule has 5 nitrogen and oxygen atoms in total.